The summed E-state index contributed by atoms with van der Waals surface area (Å²) in [5, 5.41) is 5.77. The molecular formula is C26H46N2O3. The Kier molecular flexibility index (Phi) is 16.7. The van der Waals surface area contributed by atoms with E-state index in [4.69, 9.17) is 4.42 Å². The van der Waals surface area contributed by atoms with E-state index in [0.29, 0.717) is 13.1 Å². The predicted octanol–water partition coefficient (Wildman–Crippen LogP) is 7.02. The van der Waals surface area contributed by atoms with Crippen LogP contribution in [0.2, 0.25) is 0 Å². The lowest BCUT2D eigenvalue weighted by Gasteiger charge is -2.05. The molecule has 31 heavy (non-hydrogen) atoms. The molecule has 0 aliphatic rings. The van der Waals surface area contributed by atoms with Crippen molar-refractivity contribution in [2.24, 2.45) is 0 Å². The van der Waals surface area contributed by atoms with E-state index >= 15 is 0 Å². The highest BCUT2D eigenvalue weighted by Crippen LogP contribution is 2.11. The number of nitrogens with one attached hydrogen (secondary N) is 2. The average molecular weight is 435 g/mol. The second kappa shape index (κ2) is 18.9. The van der Waals surface area contributed by atoms with Crippen LogP contribution in [0.15, 0.2) is 16.5 Å². The summed E-state index contributed by atoms with van der Waals surface area (Å²) in [6, 6.07) is 3.16. The molecule has 2 amide bonds. The maximum absolute atomic E-state index is 12.2. The fraction of sp³-hybridized carbons (Fsp3) is 0.769. The quantitative estimate of drug-likeness (QED) is 0.217. The maximum Gasteiger partial charge on any atom is 0.287 e. The molecule has 0 atom stereocenters. The van der Waals surface area contributed by atoms with Crippen molar-refractivity contribution in [2.75, 3.05) is 13.1 Å². The zero-order chi connectivity index (χ0) is 22.6. The van der Waals surface area contributed by atoms with Gasteiger partial charge in [-0.1, -0.05) is 104 Å². The van der Waals surface area contributed by atoms with Crippen molar-refractivity contribution < 1.29 is 14.0 Å². The molecule has 0 spiro atoms. The normalized spacial score (nSPS) is 10.9. The van der Waals surface area contributed by atoms with E-state index in [1.807, 2.05) is 0 Å². The van der Waals surface area contributed by atoms with Gasteiger partial charge in [-0.2, -0.15) is 0 Å². The molecule has 0 saturated carbocycles. The Morgan fingerprint density at radius 2 is 0.903 bits per heavy atom. The minimum atomic E-state index is -0.245. The first-order chi connectivity index (χ1) is 15.2. The fourth-order valence-electron chi connectivity index (χ4n) is 3.68. The van der Waals surface area contributed by atoms with Gasteiger partial charge >= 0.3 is 0 Å². The molecule has 5 heteroatoms. The zero-order valence-corrected chi connectivity index (χ0v) is 20.1. The Labute approximate surface area is 190 Å². The van der Waals surface area contributed by atoms with Gasteiger partial charge in [-0.25, -0.2) is 0 Å². The van der Waals surface area contributed by atoms with Crippen LogP contribution in [0.1, 0.15) is 138 Å². The number of hydrogen-bond acceptors (Lipinski definition) is 3. The summed E-state index contributed by atoms with van der Waals surface area (Å²) in [4.78, 5) is 24.4. The first kappa shape index (κ1) is 27.3. The van der Waals surface area contributed by atoms with E-state index in [0.717, 1.165) is 25.7 Å². The molecule has 1 heterocycles. The highest BCUT2D eigenvalue weighted by molar-refractivity contribution is 5.95. The third kappa shape index (κ3) is 14.0. The molecule has 0 radical (unpaired) electrons. The lowest BCUT2D eigenvalue weighted by Crippen LogP contribution is -2.25. The van der Waals surface area contributed by atoms with Crippen LogP contribution >= 0.6 is 0 Å². The van der Waals surface area contributed by atoms with Crippen molar-refractivity contribution in [3.8, 4) is 0 Å². The Morgan fingerprint density at radius 3 is 1.26 bits per heavy atom. The van der Waals surface area contributed by atoms with Crippen LogP contribution in [0, 0.1) is 0 Å². The first-order valence-electron chi connectivity index (χ1n) is 12.8. The molecule has 0 aliphatic heterocycles. The van der Waals surface area contributed by atoms with E-state index in [9.17, 15) is 9.59 Å². The average Bonchev–Trinajstić information content (AvgIpc) is 3.27. The van der Waals surface area contributed by atoms with Crippen LogP contribution in [0.3, 0.4) is 0 Å². The minimum absolute atomic E-state index is 0.205. The van der Waals surface area contributed by atoms with Crippen LogP contribution in [-0.2, 0) is 0 Å². The molecule has 0 aliphatic carbocycles. The van der Waals surface area contributed by atoms with Crippen molar-refractivity contribution >= 4 is 11.8 Å². The Morgan fingerprint density at radius 1 is 0.581 bits per heavy atom. The predicted molar refractivity (Wildman–Crippen MR) is 129 cm³/mol. The van der Waals surface area contributed by atoms with Gasteiger partial charge in [-0.15, -0.1) is 0 Å². The van der Waals surface area contributed by atoms with Crippen LogP contribution in [0.25, 0.3) is 0 Å². The van der Waals surface area contributed by atoms with E-state index in [1.165, 1.54) is 77.0 Å². The number of carbonyl (C=O) groups excluding carboxylic acids is 2. The summed E-state index contributed by atoms with van der Waals surface area (Å²) >= 11 is 0. The summed E-state index contributed by atoms with van der Waals surface area (Å²) in [6.07, 6.45) is 19.8. The third-order valence-corrected chi connectivity index (χ3v) is 5.69. The number of carbonyl (C=O) groups is 2. The molecule has 1 rings (SSSR count). The number of rotatable bonds is 20. The summed E-state index contributed by atoms with van der Waals surface area (Å²) in [5.41, 5.74) is 0. The SMILES string of the molecule is CCCCCCCCCCNC(=O)c1ccc(C(=O)NCCCCCCCCCC)o1. The molecule has 178 valence electrons. The standard InChI is InChI=1S/C26H46N2O3/c1-3-5-7-9-11-13-15-17-21-27-25(29)23-19-20-24(31-23)26(30)28-22-18-16-14-12-10-8-6-4-2/h19-20H,3-18,21-22H2,1-2H3,(H,27,29)(H,28,30). The fourth-order valence-corrected chi connectivity index (χ4v) is 3.68. The largest absolute Gasteiger partial charge is 0.446 e. The Hall–Kier alpha value is -1.78. The summed E-state index contributed by atoms with van der Waals surface area (Å²) in [6.45, 7) is 5.76. The van der Waals surface area contributed by atoms with Crippen molar-refractivity contribution in [1.29, 1.82) is 0 Å². The second-order valence-electron chi connectivity index (χ2n) is 8.63. The van der Waals surface area contributed by atoms with Gasteiger partial charge in [0.2, 0.25) is 0 Å². The first-order valence-corrected chi connectivity index (χ1v) is 12.8. The third-order valence-electron chi connectivity index (χ3n) is 5.69. The topological polar surface area (TPSA) is 71.3 Å². The van der Waals surface area contributed by atoms with Crippen molar-refractivity contribution in [1.82, 2.24) is 10.6 Å². The van der Waals surface area contributed by atoms with E-state index in [-0.39, 0.29) is 23.3 Å². The van der Waals surface area contributed by atoms with Gasteiger partial charge in [0.05, 0.1) is 0 Å². The van der Waals surface area contributed by atoms with Crippen molar-refractivity contribution in [2.45, 2.75) is 117 Å². The molecule has 1 aromatic rings. The lowest BCUT2D eigenvalue weighted by molar-refractivity contribution is 0.0900. The van der Waals surface area contributed by atoms with Gasteiger partial charge in [-0.05, 0) is 25.0 Å². The smallest absolute Gasteiger partial charge is 0.287 e. The van der Waals surface area contributed by atoms with Crippen molar-refractivity contribution in [3.63, 3.8) is 0 Å². The molecule has 0 bridgehead atoms. The summed E-state index contributed by atoms with van der Waals surface area (Å²) < 4.78 is 5.45. The van der Waals surface area contributed by atoms with Gasteiger partial charge in [0.25, 0.3) is 11.8 Å². The molecule has 0 unspecified atom stereocenters. The molecule has 0 aromatic carbocycles. The number of hydrogen-bond donors (Lipinski definition) is 2. The number of amides is 2. The summed E-state index contributed by atoms with van der Waals surface area (Å²) in [5.74, 6) is -0.0799. The lowest BCUT2D eigenvalue weighted by atomic mass is 10.1. The molecule has 5 nitrogen and oxygen atoms in total. The number of unbranched alkanes of at least 4 members (excludes halogenated alkanes) is 14. The van der Waals surface area contributed by atoms with Gasteiger partial charge in [0.1, 0.15) is 0 Å². The van der Waals surface area contributed by atoms with Crippen LogP contribution in [0.4, 0.5) is 0 Å². The van der Waals surface area contributed by atoms with Gasteiger partial charge in [0, 0.05) is 13.1 Å². The van der Waals surface area contributed by atoms with Gasteiger partial charge in [0.15, 0.2) is 11.5 Å². The second-order valence-corrected chi connectivity index (χ2v) is 8.63. The highest BCUT2D eigenvalue weighted by Gasteiger charge is 2.15. The summed E-state index contributed by atoms with van der Waals surface area (Å²) in [7, 11) is 0. The molecule has 0 fully saturated rings. The maximum atomic E-state index is 12.2. The van der Waals surface area contributed by atoms with Crippen LogP contribution in [0.5, 0.6) is 0 Å². The van der Waals surface area contributed by atoms with Crippen molar-refractivity contribution in [3.05, 3.63) is 23.7 Å². The minimum Gasteiger partial charge on any atom is -0.446 e. The number of furan rings is 1. The van der Waals surface area contributed by atoms with Gasteiger partial charge < -0.3 is 15.1 Å². The van der Waals surface area contributed by atoms with Crippen LogP contribution < -0.4 is 10.6 Å². The van der Waals surface area contributed by atoms with Crippen LogP contribution in [-0.4, -0.2) is 24.9 Å². The highest BCUT2D eigenvalue weighted by atomic mass is 16.4. The Bertz CT molecular complexity index is 534. The van der Waals surface area contributed by atoms with E-state index < -0.39 is 0 Å². The van der Waals surface area contributed by atoms with E-state index in [2.05, 4.69) is 24.5 Å². The molecular weight excluding hydrogens is 388 g/mol. The van der Waals surface area contributed by atoms with E-state index in [1.54, 1.807) is 12.1 Å². The monoisotopic (exact) mass is 434 g/mol. The Balaban J connectivity index is 2.08. The molecule has 2 N–H and O–H groups in total. The zero-order valence-electron chi connectivity index (χ0n) is 20.1. The van der Waals surface area contributed by atoms with Gasteiger partial charge in [-0.3, -0.25) is 9.59 Å². The molecule has 1 aromatic heterocycles. The molecule has 0 saturated heterocycles.